The van der Waals surface area contributed by atoms with Gasteiger partial charge in [0.05, 0.1) is 12.1 Å². The molecule has 0 bridgehead atoms. The van der Waals surface area contributed by atoms with Crippen LogP contribution in [0, 0.1) is 0 Å². The molecule has 0 aliphatic rings. The van der Waals surface area contributed by atoms with Crippen molar-refractivity contribution in [2.45, 2.75) is 25.6 Å². The number of aromatic nitrogens is 1. The number of rotatable bonds is 12. The predicted molar refractivity (Wildman–Crippen MR) is 151 cm³/mol. The summed E-state index contributed by atoms with van der Waals surface area (Å²) < 4.78 is 11.1. The average Bonchev–Trinajstić information content (AvgIpc) is 2.98. The smallest absolute Gasteiger partial charge is 0.261 e. The lowest BCUT2D eigenvalue weighted by Crippen LogP contribution is -2.51. The van der Waals surface area contributed by atoms with E-state index < -0.39 is 6.04 Å². The summed E-state index contributed by atoms with van der Waals surface area (Å²) in [6, 6.07) is 26.9. The van der Waals surface area contributed by atoms with Crippen LogP contribution in [0.15, 0.2) is 103 Å². The van der Waals surface area contributed by atoms with E-state index in [9.17, 15) is 9.59 Å². The van der Waals surface area contributed by atoms with Gasteiger partial charge >= 0.3 is 0 Å². The highest BCUT2D eigenvalue weighted by Crippen LogP contribution is 2.24. The monoisotopic (exact) mass is 543 g/mol. The van der Waals surface area contributed by atoms with E-state index >= 15 is 0 Å². The Balaban J connectivity index is 1.62. The number of para-hydroxylation sites is 1. The van der Waals surface area contributed by atoms with Gasteiger partial charge in [-0.3, -0.25) is 14.6 Å². The van der Waals surface area contributed by atoms with E-state index in [1.807, 2.05) is 66.7 Å². The summed E-state index contributed by atoms with van der Waals surface area (Å²) in [5.41, 5.74) is 2.69. The minimum atomic E-state index is -0.793. The summed E-state index contributed by atoms with van der Waals surface area (Å²) in [7, 11) is 1.60. The number of ether oxygens (including phenoxy) is 2. The summed E-state index contributed by atoms with van der Waals surface area (Å²) in [6.07, 6.45) is 3.68. The van der Waals surface area contributed by atoms with Crippen LogP contribution >= 0.6 is 11.6 Å². The third-order valence-electron chi connectivity index (χ3n) is 6.19. The summed E-state index contributed by atoms with van der Waals surface area (Å²) in [5.74, 6) is 0.495. The molecular weight excluding hydrogens is 514 g/mol. The van der Waals surface area contributed by atoms with Gasteiger partial charge in [0, 0.05) is 31.9 Å². The summed E-state index contributed by atoms with van der Waals surface area (Å²) in [5, 5.41) is 3.40. The van der Waals surface area contributed by atoms with Crippen LogP contribution in [0.4, 0.5) is 0 Å². The lowest BCUT2D eigenvalue weighted by molar-refractivity contribution is -0.142. The van der Waals surface area contributed by atoms with Crippen molar-refractivity contribution in [3.05, 3.63) is 125 Å². The van der Waals surface area contributed by atoms with Crippen molar-refractivity contribution >= 4 is 23.4 Å². The number of hydrogen-bond donors (Lipinski definition) is 1. The molecule has 1 N–H and O–H groups in total. The summed E-state index contributed by atoms with van der Waals surface area (Å²) >= 11 is 6.24. The molecule has 1 aromatic heterocycles. The second-order valence-corrected chi connectivity index (χ2v) is 9.27. The molecule has 200 valence electrons. The van der Waals surface area contributed by atoms with Gasteiger partial charge in [-0.05, 0) is 53.1 Å². The molecule has 0 radical (unpaired) electrons. The topological polar surface area (TPSA) is 80.8 Å². The van der Waals surface area contributed by atoms with Crippen LogP contribution in [-0.2, 0) is 29.1 Å². The third-order valence-corrected chi connectivity index (χ3v) is 6.50. The van der Waals surface area contributed by atoms with Crippen LogP contribution in [0.1, 0.15) is 16.7 Å². The van der Waals surface area contributed by atoms with Crippen molar-refractivity contribution in [1.29, 1.82) is 0 Å². The Labute approximate surface area is 233 Å². The fraction of sp³-hybridized carbons (Fsp3) is 0.194. The Morgan fingerprint density at radius 2 is 1.56 bits per heavy atom. The van der Waals surface area contributed by atoms with Crippen molar-refractivity contribution in [2.75, 3.05) is 13.7 Å². The van der Waals surface area contributed by atoms with Gasteiger partial charge in [0.2, 0.25) is 5.91 Å². The van der Waals surface area contributed by atoms with E-state index in [1.54, 1.807) is 48.7 Å². The minimum absolute atomic E-state index is 0.203. The molecule has 0 fully saturated rings. The number of halogens is 1. The summed E-state index contributed by atoms with van der Waals surface area (Å²) in [4.78, 5) is 33.0. The van der Waals surface area contributed by atoms with Crippen LogP contribution < -0.4 is 14.8 Å². The molecule has 0 saturated heterocycles. The second kappa shape index (κ2) is 14.0. The number of carbonyl (C=O) groups is 2. The Kier molecular flexibility index (Phi) is 9.92. The zero-order valence-electron chi connectivity index (χ0n) is 21.6. The lowest BCUT2D eigenvalue weighted by Gasteiger charge is -2.31. The molecule has 0 saturated carbocycles. The summed E-state index contributed by atoms with van der Waals surface area (Å²) in [6.45, 7) is 0.241. The van der Waals surface area contributed by atoms with Crippen molar-refractivity contribution < 1.29 is 19.1 Å². The normalized spacial score (nSPS) is 11.3. The minimum Gasteiger partial charge on any atom is -0.497 e. The number of carbonyl (C=O) groups excluding carboxylic acids is 2. The largest absolute Gasteiger partial charge is 0.497 e. The van der Waals surface area contributed by atoms with Gasteiger partial charge in [0.15, 0.2) is 6.61 Å². The first kappa shape index (κ1) is 27.7. The van der Waals surface area contributed by atoms with Gasteiger partial charge in [-0.1, -0.05) is 66.2 Å². The van der Waals surface area contributed by atoms with Gasteiger partial charge < -0.3 is 19.7 Å². The molecular formula is C31H30ClN3O4. The average molecular weight is 544 g/mol. The first-order valence-corrected chi connectivity index (χ1v) is 12.9. The standard InChI is InChI=1S/C31H30ClN3O4/c1-38-26-13-11-25(12-14-26)21-35(30(36)22-39-29-10-6-5-9-27(29)32)28(19-23-7-3-2-4-8-23)31(37)34-20-24-15-17-33-18-16-24/h2-18,28H,19-22H2,1H3,(H,34,37). The fourth-order valence-electron chi connectivity index (χ4n) is 4.07. The first-order valence-electron chi connectivity index (χ1n) is 12.5. The van der Waals surface area contributed by atoms with Crippen LogP contribution in [0.2, 0.25) is 5.02 Å². The third kappa shape index (κ3) is 8.06. The molecule has 3 aromatic carbocycles. The lowest BCUT2D eigenvalue weighted by atomic mass is 10.0. The SMILES string of the molecule is COc1ccc(CN(C(=O)COc2ccccc2Cl)C(Cc2ccccc2)C(=O)NCc2ccncc2)cc1. The van der Waals surface area contributed by atoms with Crippen LogP contribution in [0.25, 0.3) is 0 Å². The molecule has 7 nitrogen and oxygen atoms in total. The van der Waals surface area contributed by atoms with E-state index in [-0.39, 0.29) is 25.0 Å². The van der Waals surface area contributed by atoms with Crippen molar-refractivity contribution in [3.63, 3.8) is 0 Å². The predicted octanol–water partition coefficient (Wildman–Crippen LogP) is 5.08. The molecule has 8 heteroatoms. The Bertz CT molecular complexity index is 1350. The quantitative estimate of drug-likeness (QED) is 0.269. The number of nitrogens with one attached hydrogen (secondary N) is 1. The van der Waals surface area contributed by atoms with Gasteiger partial charge in [0.1, 0.15) is 17.5 Å². The molecule has 0 aliphatic carbocycles. The van der Waals surface area contributed by atoms with Crippen molar-refractivity contribution in [3.8, 4) is 11.5 Å². The molecule has 4 aromatic rings. The van der Waals surface area contributed by atoms with E-state index in [1.165, 1.54) is 0 Å². The molecule has 2 amide bonds. The molecule has 39 heavy (non-hydrogen) atoms. The molecule has 1 heterocycles. The van der Waals surface area contributed by atoms with Crippen molar-refractivity contribution in [1.82, 2.24) is 15.2 Å². The number of benzene rings is 3. The maximum absolute atomic E-state index is 13.7. The molecule has 0 aliphatic heterocycles. The number of pyridine rings is 1. The maximum atomic E-state index is 13.7. The van der Waals surface area contributed by atoms with Gasteiger partial charge in [-0.2, -0.15) is 0 Å². The van der Waals surface area contributed by atoms with Crippen LogP contribution in [0.3, 0.4) is 0 Å². The van der Waals surface area contributed by atoms with E-state index in [0.717, 1.165) is 16.7 Å². The van der Waals surface area contributed by atoms with Crippen LogP contribution in [0.5, 0.6) is 11.5 Å². The number of amides is 2. The van der Waals surface area contributed by atoms with Crippen molar-refractivity contribution in [2.24, 2.45) is 0 Å². The van der Waals surface area contributed by atoms with Gasteiger partial charge in [-0.15, -0.1) is 0 Å². The fourth-order valence-corrected chi connectivity index (χ4v) is 4.26. The molecule has 1 atom stereocenters. The number of hydrogen-bond acceptors (Lipinski definition) is 5. The molecule has 1 unspecified atom stereocenters. The Hall–Kier alpha value is -4.36. The van der Waals surface area contributed by atoms with Crippen LogP contribution in [-0.4, -0.2) is 41.5 Å². The molecule has 0 spiro atoms. The highest BCUT2D eigenvalue weighted by molar-refractivity contribution is 6.32. The second-order valence-electron chi connectivity index (χ2n) is 8.87. The van der Waals surface area contributed by atoms with E-state index in [4.69, 9.17) is 21.1 Å². The Morgan fingerprint density at radius 1 is 0.872 bits per heavy atom. The number of nitrogens with zero attached hydrogens (tertiary/aromatic N) is 2. The van der Waals surface area contributed by atoms with Gasteiger partial charge in [0.25, 0.3) is 5.91 Å². The van der Waals surface area contributed by atoms with E-state index in [2.05, 4.69) is 10.3 Å². The highest BCUT2D eigenvalue weighted by Gasteiger charge is 2.30. The zero-order chi connectivity index (χ0) is 27.5. The van der Waals surface area contributed by atoms with E-state index in [0.29, 0.717) is 29.5 Å². The number of methoxy groups -OCH3 is 1. The van der Waals surface area contributed by atoms with Gasteiger partial charge in [-0.25, -0.2) is 0 Å². The zero-order valence-corrected chi connectivity index (χ0v) is 22.4. The molecule has 4 rings (SSSR count). The highest BCUT2D eigenvalue weighted by atomic mass is 35.5. The Morgan fingerprint density at radius 3 is 2.26 bits per heavy atom. The first-order chi connectivity index (χ1) is 19.0. The maximum Gasteiger partial charge on any atom is 0.261 e.